The summed E-state index contributed by atoms with van der Waals surface area (Å²) in [6.07, 6.45) is 3.99. The van der Waals surface area contributed by atoms with Crippen LogP contribution >= 0.6 is 15.9 Å². The van der Waals surface area contributed by atoms with Crippen LogP contribution < -0.4 is 10.1 Å². The van der Waals surface area contributed by atoms with E-state index >= 15 is 0 Å². The molecule has 0 radical (unpaired) electrons. The van der Waals surface area contributed by atoms with Crippen molar-refractivity contribution in [2.75, 3.05) is 13.7 Å². The summed E-state index contributed by atoms with van der Waals surface area (Å²) >= 11 is 3.61. The number of benzene rings is 1. The molecule has 0 spiro atoms. The van der Waals surface area contributed by atoms with Crippen LogP contribution in [0.25, 0.3) is 0 Å². The average Bonchev–Trinajstić information content (AvgIpc) is 2.75. The highest BCUT2D eigenvalue weighted by Gasteiger charge is 2.39. The van der Waals surface area contributed by atoms with E-state index in [-0.39, 0.29) is 0 Å². The maximum absolute atomic E-state index is 5.34. The number of hydrogen-bond acceptors (Lipinski definition) is 2. The summed E-state index contributed by atoms with van der Waals surface area (Å²) in [5.74, 6) is 1.59. The smallest absolute Gasteiger partial charge is 0.133 e. The molecule has 1 N–H and O–H groups in total. The highest BCUT2D eigenvalue weighted by Crippen LogP contribution is 2.49. The van der Waals surface area contributed by atoms with Crippen LogP contribution in [0.4, 0.5) is 0 Å². The lowest BCUT2D eigenvalue weighted by Gasteiger charge is -2.35. The molecule has 3 heteroatoms. The maximum Gasteiger partial charge on any atom is 0.133 e. The summed E-state index contributed by atoms with van der Waals surface area (Å²) in [6, 6.07) is 6.90. The summed E-state index contributed by atoms with van der Waals surface area (Å²) in [5, 5.41) is 3.70. The van der Waals surface area contributed by atoms with Gasteiger partial charge < -0.3 is 10.1 Å². The van der Waals surface area contributed by atoms with Crippen LogP contribution in [0, 0.1) is 11.3 Å². The minimum Gasteiger partial charge on any atom is -0.496 e. The Morgan fingerprint density at radius 1 is 1.45 bits per heavy atom. The van der Waals surface area contributed by atoms with E-state index in [2.05, 4.69) is 60.2 Å². The molecule has 1 aliphatic rings. The van der Waals surface area contributed by atoms with Crippen molar-refractivity contribution >= 4 is 15.9 Å². The second kappa shape index (κ2) is 6.48. The van der Waals surface area contributed by atoms with Gasteiger partial charge in [-0.25, -0.2) is 0 Å². The van der Waals surface area contributed by atoms with Gasteiger partial charge in [0.1, 0.15) is 5.75 Å². The molecule has 112 valence electrons. The first-order chi connectivity index (χ1) is 9.49. The standard InChI is InChI=1S/C17H26BrNO/c1-5-19-16(13-7-6-10-17(13,2)3)12-8-9-15(20-4)14(18)11-12/h8-9,11,13,16,19H,5-7,10H2,1-4H3. The highest BCUT2D eigenvalue weighted by atomic mass is 79.9. The maximum atomic E-state index is 5.34. The first-order valence-electron chi connectivity index (χ1n) is 7.56. The van der Waals surface area contributed by atoms with Crippen LogP contribution in [0.1, 0.15) is 51.6 Å². The molecule has 20 heavy (non-hydrogen) atoms. The first-order valence-corrected chi connectivity index (χ1v) is 8.35. The van der Waals surface area contributed by atoms with Gasteiger partial charge in [0.2, 0.25) is 0 Å². The van der Waals surface area contributed by atoms with Gasteiger partial charge in [0.15, 0.2) is 0 Å². The predicted octanol–water partition coefficient (Wildman–Crippen LogP) is 4.93. The van der Waals surface area contributed by atoms with Crippen LogP contribution in [-0.2, 0) is 0 Å². The highest BCUT2D eigenvalue weighted by molar-refractivity contribution is 9.10. The summed E-state index contributed by atoms with van der Waals surface area (Å²) in [7, 11) is 1.71. The Morgan fingerprint density at radius 2 is 2.20 bits per heavy atom. The summed E-state index contributed by atoms with van der Waals surface area (Å²) < 4.78 is 6.38. The van der Waals surface area contributed by atoms with Crippen LogP contribution in [-0.4, -0.2) is 13.7 Å². The van der Waals surface area contributed by atoms with Crippen molar-refractivity contribution in [3.8, 4) is 5.75 Å². The van der Waals surface area contributed by atoms with Crippen molar-refractivity contribution in [2.45, 2.75) is 46.1 Å². The number of ether oxygens (including phenoxy) is 1. The predicted molar refractivity (Wildman–Crippen MR) is 88.2 cm³/mol. The van der Waals surface area contributed by atoms with Gasteiger partial charge in [0, 0.05) is 6.04 Å². The second-order valence-corrected chi connectivity index (χ2v) is 7.27. The lowest BCUT2D eigenvalue weighted by molar-refractivity contribution is 0.199. The van der Waals surface area contributed by atoms with Gasteiger partial charge in [-0.3, -0.25) is 0 Å². The molecule has 0 heterocycles. The van der Waals surface area contributed by atoms with Crippen molar-refractivity contribution in [1.29, 1.82) is 0 Å². The molecule has 2 rings (SSSR count). The molecule has 0 amide bonds. The van der Waals surface area contributed by atoms with Gasteiger partial charge in [-0.15, -0.1) is 0 Å². The molecule has 1 aromatic carbocycles. The van der Waals surface area contributed by atoms with Gasteiger partial charge in [0.05, 0.1) is 11.6 Å². The van der Waals surface area contributed by atoms with Gasteiger partial charge in [-0.1, -0.05) is 33.3 Å². The van der Waals surface area contributed by atoms with Gasteiger partial charge in [0.25, 0.3) is 0 Å². The van der Waals surface area contributed by atoms with Crippen LogP contribution in [0.15, 0.2) is 22.7 Å². The molecule has 0 aliphatic heterocycles. The third-order valence-electron chi connectivity index (χ3n) is 4.70. The lowest BCUT2D eigenvalue weighted by Crippen LogP contribution is -2.33. The Hall–Kier alpha value is -0.540. The van der Waals surface area contributed by atoms with Crippen molar-refractivity contribution in [2.24, 2.45) is 11.3 Å². The molecule has 1 aromatic rings. The molecular weight excluding hydrogens is 314 g/mol. The normalized spacial score (nSPS) is 22.8. The Morgan fingerprint density at radius 3 is 2.70 bits per heavy atom. The van der Waals surface area contributed by atoms with E-state index in [1.165, 1.54) is 24.8 Å². The topological polar surface area (TPSA) is 21.3 Å². The molecule has 2 unspecified atom stereocenters. The Kier molecular flexibility index (Phi) is 5.14. The van der Waals surface area contributed by atoms with E-state index < -0.39 is 0 Å². The molecule has 2 nitrogen and oxygen atoms in total. The van der Waals surface area contributed by atoms with Crippen LogP contribution in [0.2, 0.25) is 0 Å². The van der Waals surface area contributed by atoms with E-state index in [0.29, 0.717) is 17.4 Å². The molecule has 1 saturated carbocycles. The first kappa shape index (κ1) is 15.8. The van der Waals surface area contributed by atoms with E-state index in [1.54, 1.807) is 7.11 Å². The Bertz CT molecular complexity index is 458. The zero-order chi connectivity index (χ0) is 14.8. The number of nitrogens with one attached hydrogen (secondary N) is 1. The SMILES string of the molecule is CCNC(c1ccc(OC)c(Br)c1)C1CCCC1(C)C. The minimum absolute atomic E-state index is 0.416. The largest absolute Gasteiger partial charge is 0.496 e. The van der Waals surface area contributed by atoms with E-state index in [4.69, 9.17) is 4.74 Å². The number of rotatable bonds is 5. The van der Waals surface area contributed by atoms with Crippen molar-refractivity contribution in [3.05, 3.63) is 28.2 Å². The molecule has 0 saturated heterocycles. The van der Waals surface area contributed by atoms with Gasteiger partial charge in [-0.2, -0.15) is 0 Å². The third-order valence-corrected chi connectivity index (χ3v) is 5.32. The van der Waals surface area contributed by atoms with Crippen LogP contribution in [0.3, 0.4) is 0 Å². The monoisotopic (exact) mass is 339 g/mol. The van der Waals surface area contributed by atoms with E-state index in [9.17, 15) is 0 Å². The second-order valence-electron chi connectivity index (χ2n) is 6.42. The molecule has 0 aromatic heterocycles. The van der Waals surface area contributed by atoms with Crippen molar-refractivity contribution in [1.82, 2.24) is 5.32 Å². The average molecular weight is 340 g/mol. The zero-order valence-corrected chi connectivity index (χ0v) is 14.6. The van der Waals surface area contributed by atoms with Crippen molar-refractivity contribution < 1.29 is 4.74 Å². The Balaban J connectivity index is 2.31. The summed E-state index contributed by atoms with van der Waals surface area (Å²) in [6.45, 7) is 8.01. The fourth-order valence-corrected chi connectivity index (χ4v) is 4.12. The van der Waals surface area contributed by atoms with E-state index in [1.807, 2.05) is 0 Å². The molecule has 2 atom stereocenters. The number of hydrogen-bond donors (Lipinski definition) is 1. The lowest BCUT2D eigenvalue weighted by atomic mass is 9.75. The quantitative estimate of drug-likeness (QED) is 0.820. The third kappa shape index (κ3) is 3.20. The Labute approximate surface area is 131 Å². The fourth-order valence-electron chi connectivity index (χ4n) is 3.56. The van der Waals surface area contributed by atoms with Crippen molar-refractivity contribution in [3.63, 3.8) is 0 Å². The summed E-state index contributed by atoms with van der Waals surface area (Å²) in [4.78, 5) is 0. The molecule has 0 bridgehead atoms. The molecular formula is C17H26BrNO. The van der Waals surface area contributed by atoms with Crippen LogP contribution in [0.5, 0.6) is 5.75 Å². The van der Waals surface area contributed by atoms with E-state index in [0.717, 1.165) is 16.8 Å². The van der Waals surface area contributed by atoms with Gasteiger partial charge in [-0.05, 0) is 64.3 Å². The van der Waals surface area contributed by atoms with Gasteiger partial charge >= 0.3 is 0 Å². The number of halogens is 1. The number of methoxy groups -OCH3 is 1. The molecule has 1 aliphatic carbocycles. The summed E-state index contributed by atoms with van der Waals surface area (Å²) in [5.41, 5.74) is 1.78. The fraction of sp³-hybridized carbons (Fsp3) is 0.647. The zero-order valence-electron chi connectivity index (χ0n) is 13.0. The minimum atomic E-state index is 0.416. The molecule has 1 fully saturated rings.